The minimum atomic E-state index is -0.416. The molecule has 0 saturated carbocycles. The summed E-state index contributed by atoms with van der Waals surface area (Å²) in [6.45, 7) is 2.37. The van der Waals surface area contributed by atoms with Gasteiger partial charge in [0.2, 0.25) is 0 Å². The van der Waals surface area contributed by atoms with Crippen molar-refractivity contribution in [1.82, 2.24) is 10.3 Å². The molecule has 0 bridgehead atoms. The van der Waals surface area contributed by atoms with Crippen LogP contribution in [0.15, 0.2) is 42.7 Å². The number of benzene rings is 1. The zero-order valence-electron chi connectivity index (χ0n) is 11.1. The van der Waals surface area contributed by atoms with E-state index in [1.165, 1.54) is 12.3 Å². The molecular formula is C16H15FN2O. The highest BCUT2D eigenvalue weighted by molar-refractivity contribution is 5.34. The number of terminal acetylenes is 1. The minimum Gasteiger partial charge on any atom is -0.453 e. The Bertz CT molecular complexity index is 608. The first kappa shape index (κ1) is 14.0. The third-order valence-electron chi connectivity index (χ3n) is 2.83. The highest BCUT2D eigenvalue weighted by Gasteiger charge is 2.10. The standard InChI is InChI=1S/C16H15FN2O/c1-3-8-19-12(2)13-6-7-16(15(17)10-13)20-14-5-4-9-18-11-14/h1,4-7,9-12,19H,8H2,2H3/t12-/m0/s1. The van der Waals surface area contributed by atoms with Crippen molar-refractivity contribution in [2.24, 2.45) is 0 Å². The van der Waals surface area contributed by atoms with E-state index in [0.29, 0.717) is 12.3 Å². The largest absolute Gasteiger partial charge is 0.453 e. The maximum Gasteiger partial charge on any atom is 0.166 e. The van der Waals surface area contributed by atoms with Gasteiger partial charge in [-0.1, -0.05) is 12.0 Å². The number of nitrogens with one attached hydrogen (secondary N) is 1. The summed E-state index contributed by atoms with van der Waals surface area (Å²) in [4.78, 5) is 3.91. The summed E-state index contributed by atoms with van der Waals surface area (Å²) in [7, 11) is 0. The van der Waals surface area contributed by atoms with E-state index in [1.807, 2.05) is 13.0 Å². The Morgan fingerprint density at radius 3 is 2.95 bits per heavy atom. The fraction of sp³-hybridized carbons (Fsp3) is 0.188. The van der Waals surface area contributed by atoms with Gasteiger partial charge in [-0.15, -0.1) is 6.42 Å². The van der Waals surface area contributed by atoms with E-state index >= 15 is 0 Å². The lowest BCUT2D eigenvalue weighted by molar-refractivity contribution is 0.439. The number of hydrogen-bond acceptors (Lipinski definition) is 3. The number of ether oxygens (including phenoxy) is 1. The minimum absolute atomic E-state index is 0.0204. The summed E-state index contributed by atoms with van der Waals surface area (Å²) in [6.07, 6.45) is 8.34. The summed E-state index contributed by atoms with van der Waals surface area (Å²) in [5, 5.41) is 3.09. The topological polar surface area (TPSA) is 34.1 Å². The molecule has 0 spiro atoms. The Labute approximate surface area is 117 Å². The Morgan fingerprint density at radius 1 is 1.45 bits per heavy atom. The lowest BCUT2D eigenvalue weighted by Crippen LogP contribution is -2.18. The van der Waals surface area contributed by atoms with Gasteiger partial charge in [0.25, 0.3) is 0 Å². The van der Waals surface area contributed by atoms with Crippen LogP contribution in [0, 0.1) is 18.2 Å². The maximum atomic E-state index is 14.0. The first-order valence-corrected chi connectivity index (χ1v) is 6.25. The summed E-state index contributed by atoms with van der Waals surface area (Å²) < 4.78 is 19.4. The second-order valence-electron chi connectivity index (χ2n) is 4.29. The molecule has 1 atom stereocenters. The summed E-state index contributed by atoms with van der Waals surface area (Å²) >= 11 is 0. The Balaban J connectivity index is 2.12. The SMILES string of the molecule is C#CCN[C@@H](C)c1ccc(Oc2cccnc2)c(F)c1. The van der Waals surface area contributed by atoms with Gasteiger partial charge in [0.05, 0.1) is 12.7 Å². The van der Waals surface area contributed by atoms with Gasteiger partial charge in [-0.3, -0.25) is 10.3 Å². The fourth-order valence-corrected chi connectivity index (χ4v) is 1.73. The number of halogens is 1. The van der Waals surface area contributed by atoms with Crippen molar-refractivity contribution in [2.45, 2.75) is 13.0 Å². The van der Waals surface area contributed by atoms with Crippen molar-refractivity contribution >= 4 is 0 Å². The van der Waals surface area contributed by atoms with E-state index in [1.54, 1.807) is 24.4 Å². The molecule has 2 aromatic rings. The first-order valence-electron chi connectivity index (χ1n) is 6.25. The molecule has 20 heavy (non-hydrogen) atoms. The molecular weight excluding hydrogens is 255 g/mol. The molecule has 0 unspecified atom stereocenters. The Morgan fingerprint density at radius 2 is 2.30 bits per heavy atom. The van der Waals surface area contributed by atoms with Gasteiger partial charge >= 0.3 is 0 Å². The molecule has 102 valence electrons. The van der Waals surface area contributed by atoms with Crippen LogP contribution in [0.3, 0.4) is 0 Å². The number of hydrogen-bond donors (Lipinski definition) is 1. The normalized spacial score (nSPS) is 11.7. The van der Waals surface area contributed by atoms with Crippen LogP contribution in [-0.2, 0) is 0 Å². The molecule has 0 aliphatic rings. The van der Waals surface area contributed by atoms with E-state index < -0.39 is 5.82 Å². The molecule has 0 amide bonds. The lowest BCUT2D eigenvalue weighted by Gasteiger charge is -2.14. The molecule has 0 saturated heterocycles. The third kappa shape index (κ3) is 3.56. The van der Waals surface area contributed by atoms with Crippen molar-refractivity contribution in [3.8, 4) is 23.8 Å². The molecule has 1 aromatic carbocycles. The van der Waals surface area contributed by atoms with E-state index in [-0.39, 0.29) is 11.8 Å². The quantitative estimate of drug-likeness (QED) is 0.846. The molecule has 0 aliphatic heterocycles. The predicted molar refractivity (Wildman–Crippen MR) is 76.0 cm³/mol. The average molecular weight is 270 g/mol. The zero-order chi connectivity index (χ0) is 14.4. The van der Waals surface area contributed by atoms with Crippen LogP contribution in [0.4, 0.5) is 4.39 Å². The molecule has 1 heterocycles. The number of rotatable bonds is 5. The third-order valence-corrected chi connectivity index (χ3v) is 2.83. The van der Waals surface area contributed by atoms with Crippen LogP contribution >= 0.6 is 0 Å². The van der Waals surface area contributed by atoms with Crippen LogP contribution in [0.2, 0.25) is 0 Å². The second kappa shape index (κ2) is 6.69. The Hall–Kier alpha value is -2.38. The average Bonchev–Trinajstić information content (AvgIpc) is 2.48. The molecule has 3 nitrogen and oxygen atoms in total. The highest BCUT2D eigenvalue weighted by Crippen LogP contribution is 2.26. The van der Waals surface area contributed by atoms with E-state index in [0.717, 1.165) is 5.56 Å². The van der Waals surface area contributed by atoms with Crippen molar-refractivity contribution in [1.29, 1.82) is 0 Å². The van der Waals surface area contributed by atoms with Crippen LogP contribution in [0.25, 0.3) is 0 Å². The second-order valence-corrected chi connectivity index (χ2v) is 4.29. The molecule has 0 radical (unpaired) electrons. The van der Waals surface area contributed by atoms with Crippen LogP contribution in [0.1, 0.15) is 18.5 Å². The number of aromatic nitrogens is 1. The Kier molecular flexibility index (Phi) is 4.70. The van der Waals surface area contributed by atoms with E-state index in [9.17, 15) is 4.39 Å². The van der Waals surface area contributed by atoms with Crippen LogP contribution in [-0.4, -0.2) is 11.5 Å². The molecule has 1 aromatic heterocycles. The lowest BCUT2D eigenvalue weighted by atomic mass is 10.1. The van der Waals surface area contributed by atoms with E-state index in [2.05, 4.69) is 16.2 Å². The molecule has 4 heteroatoms. The van der Waals surface area contributed by atoms with E-state index in [4.69, 9.17) is 11.2 Å². The van der Waals surface area contributed by atoms with Crippen molar-refractivity contribution < 1.29 is 9.13 Å². The predicted octanol–water partition coefficient (Wildman–Crippen LogP) is 3.30. The fourth-order valence-electron chi connectivity index (χ4n) is 1.73. The van der Waals surface area contributed by atoms with Crippen LogP contribution in [0.5, 0.6) is 11.5 Å². The molecule has 0 fully saturated rings. The number of nitrogens with zero attached hydrogens (tertiary/aromatic N) is 1. The molecule has 0 aliphatic carbocycles. The smallest absolute Gasteiger partial charge is 0.166 e. The van der Waals surface area contributed by atoms with Gasteiger partial charge in [-0.25, -0.2) is 4.39 Å². The maximum absolute atomic E-state index is 14.0. The van der Waals surface area contributed by atoms with Gasteiger partial charge in [-0.2, -0.15) is 0 Å². The van der Waals surface area contributed by atoms with Gasteiger partial charge in [0.1, 0.15) is 5.75 Å². The zero-order valence-corrected chi connectivity index (χ0v) is 11.1. The summed E-state index contributed by atoms with van der Waals surface area (Å²) in [5.74, 6) is 2.74. The summed E-state index contributed by atoms with van der Waals surface area (Å²) in [6, 6.07) is 8.28. The van der Waals surface area contributed by atoms with Crippen molar-refractivity contribution in [3.05, 3.63) is 54.1 Å². The molecule has 2 rings (SSSR count). The van der Waals surface area contributed by atoms with Crippen molar-refractivity contribution in [2.75, 3.05) is 6.54 Å². The van der Waals surface area contributed by atoms with Crippen molar-refractivity contribution in [3.63, 3.8) is 0 Å². The van der Waals surface area contributed by atoms with Gasteiger partial charge in [0, 0.05) is 12.2 Å². The number of pyridine rings is 1. The monoisotopic (exact) mass is 270 g/mol. The first-order chi connectivity index (χ1) is 9.70. The molecule has 1 N–H and O–H groups in total. The summed E-state index contributed by atoms with van der Waals surface area (Å²) in [5.41, 5.74) is 0.816. The van der Waals surface area contributed by atoms with Gasteiger partial charge in [-0.05, 0) is 36.8 Å². The van der Waals surface area contributed by atoms with Gasteiger partial charge in [0.15, 0.2) is 11.6 Å². The van der Waals surface area contributed by atoms with Gasteiger partial charge < -0.3 is 4.74 Å². The highest BCUT2D eigenvalue weighted by atomic mass is 19.1. The van der Waals surface area contributed by atoms with Crippen LogP contribution < -0.4 is 10.1 Å².